The molecule has 10 nitrogen and oxygen atoms in total. The normalized spacial score (nSPS) is 15.2. The number of methoxy groups -OCH3 is 1. The Morgan fingerprint density at radius 2 is 1.97 bits per heavy atom. The monoisotopic (exact) mass is 524 g/mol. The van der Waals surface area contributed by atoms with Gasteiger partial charge < -0.3 is 25.6 Å². The molecule has 0 saturated carbocycles. The molecule has 0 aliphatic carbocycles. The maximum absolute atomic E-state index is 11.9. The highest BCUT2D eigenvalue weighted by atomic mass is 35.5. The van der Waals surface area contributed by atoms with Gasteiger partial charge >= 0.3 is 0 Å². The van der Waals surface area contributed by atoms with Gasteiger partial charge in [0.1, 0.15) is 5.75 Å². The fourth-order valence-corrected chi connectivity index (χ4v) is 4.61. The van der Waals surface area contributed by atoms with Crippen molar-refractivity contribution < 1.29 is 9.53 Å². The molecular weight excluding hydrogens is 492 g/mol. The molecule has 1 unspecified atom stereocenters. The molecule has 3 heterocycles. The molecule has 3 N–H and O–H groups in total. The molecule has 11 heteroatoms. The molecule has 4 rings (SSSR count). The lowest BCUT2D eigenvalue weighted by molar-refractivity contribution is -0.119. The standard InChI is InChI=1S/C26H33ClN8O2/c1-33-9-11-35(12-10-33)23(16-25(28)36)21-14-19(7-8-29-21)30-22-15-24(27)31-32-26(22)34(2)17-18-5-4-6-20(13-18)37-3/h4-8,13-15,23H,9-12,16-17H2,1-3H3,(H2,28,36)(H,29,30,31). The lowest BCUT2D eigenvalue weighted by Gasteiger charge is -2.37. The number of anilines is 3. The molecule has 0 radical (unpaired) electrons. The lowest BCUT2D eigenvalue weighted by atomic mass is 10.1. The predicted molar refractivity (Wildman–Crippen MR) is 145 cm³/mol. The van der Waals surface area contributed by atoms with Crippen molar-refractivity contribution in [1.29, 1.82) is 0 Å². The van der Waals surface area contributed by atoms with E-state index in [-0.39, 0.29) is 23.5 Å². The predicted octanol–water partition coefficient (Wildman–Crippen LogP) is 3.08. The number of nitrogens with one attached hydrogen (secondary N) is 1. The summed E-state index contributed by atoms with van der Waals surface area (Å²) in [7, 11) is 5.69. The quantitative estimate of drug-likeness (QED) is 0.413. The highest BCUT2D eigenvalue weighted by Crippen LogP contribution is 2.31. The molecule has 0 spiro atoms. The van der Waals surface area contributed by atoms with E-state index < -0.39 is 0 Å². The van der Waals surface area contributed by atoms with Gasteiger partial charge in [-0.15, -0.1) is 10.2 Å². The number of aromatic nitrogens is 3. The third kappa shape index (κ3) is 7.06. The van der Waals surface area contributed by atoms with E-state index in [1.165, 1.54) is 0 Å². The topological polar surface area (TPSA) is 113 Å². The summed E-state index contributed by atoms with van der Waals surface area (Å²) in [5.74, 6) is 1.08. The number of amides is 1. The van der Waals surface area contributed by atoms with Crippen molar-refractivity contribution in [3.8, 4) is 5.75 Å². The first-order chi connectivity index (χ1) is 17.8. The fraction of sp³-hybridized carbons (Fsp3) is 0.385. The number of piperazine rings is 1. The van der Waals surface area contributed by atoms with Gasteiger partial charge in [0, 0.05) is 64.1 Å². The van der Waals surface area contributed by atoms with Crippen molar-refractivity contribution in [2.24, 2.45) is 5.73 Å². The summed E-state index contributed by atoms with van der Waals surface area (Å²) in [5.41, 5.74) is 8.97. The van der Waals surface area contributed by atoms with Gasteiger partial charge in [-0.25, -0.2) is 0 Å². The molecule has 196 valence electrons. The molecule has 37 heavy (non-hydrogen) atoms. The van der Waals surface area contributed by atoms with Gasteiger partial charge in [0.05, 0.1) is 24.5 Å². The zero-order valence-electron chi connectivity index (χ0n) is 21.4. The number of pyridine rings is 1. The van der Waals surface area contributed by atoms with Crippen molar-refractivity contribution in [1.82, 2.24) is 25.0 Å². The van der Waals surface area contributed by atoms with Crippen LogP contribution >= 0.6 is 11.6 Å². The first-order valence-electron chi connectivity index (χ1n) is 12.1. The van der Waals surface area contributed by atoms with E-state index in [9.17, 15) is 4.79 Å². The second kappa shape index (κ2) is 12.2. The second-order valence-corrected chi connectivity index (χ2v) is 9.62. The highest BCUT2D eigenvalue weighted by molar-refractivity contribution is 6.29. The van der Waals surface area contributed by atoms with Gasteiger partial charge in [-0.05, 0) is 36.9 Å². The molecule has 1 aromatic carbocycles. The summed E-state index contributed by atoms with van der Waals surface area (Å²) >= 11 is 6.22. The van der Waals surface area contributed by atoms with Crippen LogP contribution < -0.4 is 20.7 Å². The van der Waals surface area contributed by atoms with E-state index in [0.717, 1.165) is 48.9 Å². The number of ether oxygens (including phenoxy) is 1. The number of carbonyl (C=O) groups is 1. The van der Waals surface area contributed by atoms with Gasteiger partial charge in [0.15, 0.2) is 11.0 Å². The average Bonchev–Trinajstić information content (AvgIpc) is 2.88. The van der Waals surface area contributed by atoms with Crippen LogP contribution in [0, 0.1) is 0 Å². The Kier molecular flexibility index (Phi) is 8.75. The number of primary amides is 1. The number of nitrogens with zero attached hydrogens (tertiary/aromatic N) is 6. The van der Waals surface area contributed by atoms with Crippen molar-refractivity contribution >= 4 is 34.7 Å². The zero-order chi connectivity index (χ0) is 26.4. The van der Waals surface area contributed by atoms with Crippen LogP contribution in [0.1, 0.15) is 23.7 Å². The Balaban J connectivity index is 1.57. The number of halogens is 1. The minimum Gasteiger partial charge on any atom is -0.497 e. The Morgan fingerprint density at radius 3 is 2.70 bits per heavy atom. The number of hydrogen-bond acceptors (Lipinski definition) is 9. The molecule has 1 aliphatic heterocycles. The van der Waals surface area contributed by atoms with E-state index in [2.05, 4.69) is 37.3 Å². The van der Waals surface area contributed by atoms with Crippen LogP contribution in [-0.2, 0) is 11.3 Å². The van der Waals surface area contributed by atoms with Crippen molar-refractivity contribution in [2.45, 2.75) is 19.0 Å². The van der Waals surface area contributed by atoms with Gasteiger partial charge in [0.25, 0.3) is 0 Å². The van der Waals surface area contributed by atoms with Crippen LogP contribution in [0.4, 0.5) is 17.2 Å². The first-order valence-corrected chi connectivity index (χ1v) is 12.5. The largest absolute Gasteiger partial charge is 0.497 e. The number of benzene rings is 1. The van der Waals surface area contributed by atoms with Crippen LogP contribution in [0.15, 0.2) is 48.7 Å². The lowest BCUT2D eigenvalue weighted by Crippen LogP contribution is -2.46. The molecule has 1 aliphatic rings. The van der Waals surface area contributed by atoms with Crippen LogP contribution in [-0.4, -0.2) is 78.3 Å². The highest BCUT2D eigenvalue weighted by Gasteiger charge is 2.26. The smallest absolute Gasteiger partial charge is 0.219 e. The SMILES string of the molecule is COc1cccc(CN(C)c2nnc(Cl)cc2Nc2ccnc(C(CC(N)=O)N3CCN(C)CC3)c2)c1. The van der Waals surface area contributed by atoms with E-state index in [1.807, 2.05) is 48.3 Å². The molecule has 0 bridgehead atoms. The van der Waals surface area contributed by atoms with E-state index >= 15 is 0 Å². The number of hydrogen-bond donors (Lipinski definition) is 2. The van der Waals surface area contributed by atoms with Gasteiger partial charge in [-0.2, -0.15) is 0 Å². The number of carbonyl (C=O) groups excluding carboxylic acids is 1. The fourth-order valence-electron chi connectivity index (χ4n) is 4.46. The maximum atomic E-state index is 11.9. The Bertz CT molecular complexity index is 1220. The summed E-state index contributed by atoms with van der Waals surface area (Å²) in [6, 6.07) is 13.3. The molecular formula is C26H33ClN8O2. The Labute approximate surface area is 222 Å². The minimum atomic E-state index is -0.351. The molecule has 1 amide bonds. The maximum Gasteiger partial charge on any atom is 0.219 e. The number of rotatable bonds is 10. The van der Waals surface area contributed by atoms with Gasteiger partial charge in [-0.1, -0.05) is 23.7 Å². The number of nitrogens with two attached hydrogens (primary N) is 1. The molecule has 1 saturated heterocycles. The molecule has 1 atom stereocenters. The van der Waals surface area contributed by atoms with E-state index in [4.69, 9.17) is 22.1 Å². The minimum absolute atomic E-state index is 0.192. The summed E-state index contributed by atoms with van der Waals surface area (Å²) in [6.07, 6.45) is 1.94. The Morgan fingerprint density at radius 1 is 1.19 bits per heavy atom. The summed E-state index contributed by atoms with van der Waals surface area (Å²) in [6.45, 7) is 4.14. The summed E-state index contributed by atoms with van der Waals surface area (Å²) in [5, 5.41) is 12.1. The van der Waals surface area contributed by atoms with E-state index in [0.29, 0.717) is 18.1 Å². The Hall–Kier alpha value is -3.47. The number of likely N-dealkylation sites (N-methyl/N-ethyl adjacent to an activating group) is 1. The van der Waals surface area contributed by atoms with Crippen LogP contribution in [0.3, 0.4) is 0 Å². The molecule has 3 aromatic rings. The summed E-state index contributed by atoms with van der Waals surface area (Å²) in [4.78, 5) is 23.0. The first kappa shape index (κ1) is 26.6. The summed E-state index contributed by atoms with van der Waals surface area (Å²) < 4.78 is 5.35. The van der Waals surface area contributed by atoms with Crippen molar-refractivity contribution in [3.63, 3.8) is 0 Å². The van der Waals surface area contributed by atoms with Crippen molar-refractivity contribution in [3.05, 3.63) is 65.1 Å². The van der Waals surface area contributed by atoms with Crippen LogP contribution in [0.2, 0.25) is 5.15 Å². The van der Waals surface area contributed by atoms with Crippen molar-refractivity contribution in [2.75, 3.05) is 57.6 Å². The zero-order valence-corrected chi connectivity index (χ0v) is 22.1. The van der Waals surface area contributed by atoms with E-state index in [1.54, 1.807) is 19.4 Å². The van der Waals surface area contributed by atoms with Gasteiger partial charge in [-0.3, -0.25) is 14.7 Å². The molecule has 2 aromatic heterocycles. The molecule has 1 fully saturated rings. The second-order valence-electron chi connectivity index (χ2n) is 9.23. The van der Waals surface area contributed by atoms with Crippen LogP contribution in [0.25, 0.3) is 0 Å². The van der Waals surface area contributed by atoms with Gasteiger partial charge in [0.2, 0.25) is 5.91 Å². The average molecular weight is 525 g/mol. The van der Waals surface area contributed by atoms with Crippen LogP contribution in [0.5, 0.6) is 5.75 Å². The third-order valence-corrected chi connectivity index (χ3v) is 6.62. The third-order valence-electron chi connectivity index (χ3n) is 6.43.